The van der Waals surface area contributed by atoms with Crippen LogP contribution in [0.2, 0.25) is 0 Å². The van der Waals surface area contributed by atoms with Crippen LogP contribution in [0, 0.1) is 11.2 Å². The number of likely N-dealkylation sites (tertiary alicyclic amines) is 1. The smallest absolute Gasteiger partial charge is 0.219 e. The van der Waals surface area contributed by atoms with Gasteiger partial charge in [0.05, 0.1) is 13.2 Å². The molecule has 0 radical (unpaired) electrons. The second kappa shape index (κ2) is 10.4. The van der Waals surface area contributed by atoms with E-state index in [1.165, 1.54) is 12.1 Å². The fourth-order valence-electron chi connectivity index (χ4n) is 3.91. The molecule has 2 aliphatic rings. The van der Waals surface area contributed by atoms with Crippen LogP contribution in [-0.2, 0) is 11.3 Å². The predicted molar refractivity (Wildman–Crippen MR) is 125 cm³/mol. The van der Waals surface area contributed by atoms with Gasteiger partial charge in [0.1, 0.15) is 11.6 Å². The Kier molecular flexibility index (Phi) is 7.87. The number of rotatable bonds is 5. The molecule has 4 rings (SSSR count). The lowest BCUT2D eigenvalue weighted by atomic mass is 9.87. The molecule has 1 N–H and O–H groups in total. The van der Waals surface area contributed by atoms with Gasteiger partial charge in [-0.3, -0.25) is 0 Å². The maximum absolute atomic E-state index is 13.1. The number of guanidine groups is 1. The van der Waals surface area contributed by atoms with Crippen molar-refractivity contribution in [3.8, 4) is 11.6 Å². The highest BCUT2D eigenvalue weighted by molar-refractivity contribution is 14.0. The Balaban J connectivity index is 0.00000256. The van der Waals surface area contributed by atoms with Crippen LogP contribution in [-0.4, -0.2) is 48.7 Å². The van der Waals surface area contributed by atoms with Crippen molar-refractivity contribution in [2.75, 3.05) is 32.8 Å². The Morgan fingerprint density at radius 1 is 1.30 bits per heavy atom. The first-order valence-electron chi connectivity index (χ1n) is 10.2. The van der Waals surface area contributed by atoms with Crippen LogP contribution in [0.1, 0.15) is 25.3 Å². The largest absolute Gasteiger partial charge is 0.439 e. The standard InChI is InChI=1S/C22H27FN4O2.HI/c1-2-24-21(27-11-8-22(15-27)9-12-28-16-22)26-14-17-7-10-25-20(13-17)29-19-5-3-18(23)4-6-19;/h3-7,10,13H,2,8-9,11-12,14-16H2,1H3,(H,24,26);1H. The number of pyridine rings is 1. The first-order chi connectivity index (χ1) is 14.2. The fraction of sp³-hybridized carbons (Fsp3) is 0.455. The zero-order valence-electron chi connectivity index (χ0n) is 17.1. The molecule has 1 aromatic carbocycles. The molecule has 162 valence electrons. The summed E-state index contributed by atoms with van der Waals surface area (Å²) >= 11 is 0. The van der Waals surface area contributed by atoms with Crippen LogP contribution >= 0.6 is 24.0 Å². The van der Waals surface area contributed by atoms with Crippen molar-refractivity contribution >= 4 is 29.9 Å². The molecule has 0 amide bonds. The molecule has 6 nitrogen and oxygen atoms in total. The number of aliphatic imine (C=N–C) groups is 1. The average molecular weight is 526 g/mol. The second-order valence-corrected chi connectivity index (χ2v) is 7.70. The van der Waals surface area contributed by atoms with Crippen molar-refractivity contribution in [2.24, 2.45) is 10.4 Å². The van der Waals surface area contributed by atoms with E-state index in [9.17, 15) is 4.39 Å². The van der Waals surface area contributed by atoms with Crippen LogP contribution in [0.25, 0.3) is 0 Å². The van der Waals surface area contributed by atoms with Gasteiger partial charge in [-0.2, -0.15) is 0 Å². The number of ether oxygens (including phenoxy) is 2. The summed E-state index contributed by atoms with van der Waals surface area (Å²) in [7, 11) is 0. The molecule has 1 spiro atoms. The minimum absolute atomic E-state index is 0. The lowest BCUT2D eigenvalue weighted by Crippen LogP contribution is -2.41. The molecule has 2 aliphatic heterocycles. The summed E-state index contributed by atoms with van der Waals surface area (Å²) in [6, 6.07) is 9.70. The monoisotopic (exact) mass is 526 g/mol. The van der Waals surface area contributed by atoms with Gasteiger partial charge in [0.15, 0.2) is 5.96 Å². The van der Waals surface area contributed by atoms with Crippen molar-refractivity contribution in [1.82, 2.24) is 15.2 Å². The molecular weight excluding hydrogens is 498 g/mol. The number of hydrogen-bond acceptors (Lipinski definition) is 4. The number of hydrogen-bond donors (Lipinski definition) is 1. The van der Waals surface area contributed by atoms with Crippen molar-refractivity contribution in [1.29, 1.82) is 0 Å². The first kappa shape index (κ1) is 22.7. The van der Waals surface area contributed by atoms with E-state index in [0.717, 1.165) is 57.2 Å². The lowest BCUT2D eigenvalue weighted by Gasteiger charge is -2.25. The van der Waals surface area contributed by atoms with E-state index in [0.29, 0.717) is 23.6 Å². The third-order valence-corrected chi connectivity index (χ3v) is 5.50. The van der Waals surface area contributed by atoms with Gasteiger partial charge >= 0.3 is 0 Å². The van der Waals surface area contributed by atoms with Gasteiger partial charge in [-0.1, -0.05) is 0 Å². The van der Waals surface area contributed by atoms with E-state index in [4.69, 9.17) is 14.5 Å². The maximum Gasteiger partial charge on any atom is 0.219 e. The number of halogens is 2. The van der Waals surface area contributed by atoms with Crippen LogP contribution < -0.4 is 10.1 Å². The normalized spacial score (nSPS) is 21.0. The lowest BCUT2D eigenvalue weighted by molar-refractivity contribution is 0.156. The molecule has 0 saturated carbocycles. The second-order valence-electron chi connectivity index (χ2n) is 7.70. The number of nitrogens with zero attached hydrogens (tertiary/aromatic N) is 3. The Morgan fingerprint density at radius 2 is 2.13 bits per heavy atom. The third-order valence-electron chi connectivity index (χ3n) is 5.50. The highest BCUT2D eigenvalue weighted by atomic mass is 127. The average Bonchev–Trinajstić information content (AvgIpc) is 3.37. The summed E-state index contributed by atoms with van der Waals surface area (Å²) in [4.78, 5) is 11.4. The molecule has 1 unspecified atom stereocenters. The minimum Gasteiger partial charge on any atom is -0.439 e. The molecule has 30 heavy (non-hydrogen) atoms. The summed E-state index contributed by atoms with van der Waals surface area (Å²) in [5.41, 5.74) is 1.30. The summed E-state index contributed by atoms with van der Waals surface area (Å²) in [5, 5.41) is 3.41. The zero-order chi connectivity index (χ0) is 20.1. The molecule has 2 fully saturated rings. The summed E-state index contributed by atoms with van der Waals surface area (Å²) < 4.78 is 24.4. The molecule has 2 aromatic rings. The van der Waals surface area contributed by atoms with Gasteiger partial charge in [-0.25, -0.2) is 14.4 Å². The van der Waals surface area contributed by atoms with Crippen LogP contribution in [0.3, 0.4) is 0 Å². The van der Waals surface area contributed by atoms with E-state index in [-0.39, 0.29) is 29.8 Å². The van der Waals surface area contributed by atoms with Gasteiger partial charge in [-0.05, 0) is 55.7 Å². The van der Waals surface area contributed by atoms with Crippen molar-refractivity contribution in [3.05, 3.63) is 54.0 Å². The molecule has 2 saturated heterocycles. The Bertz CT molecular complexity index is 856. The van der Waals surface area contributed by atoms with Gasteiger partial charge in [0, 0.05) is 43.9 Å². The van der Waals surface area contributed by atoms with Gasteiger partial charge in [-0.15, -0.1) is 24.0 Å². The fourth-order valence-corrected chi connectivity index (χ4v) is 3.91. The Labute approximate surface area is 193 Å². The van der Waals surface area contributed by atoms with Crippen molar-refractivity contribution in [3.63, 3.8) is 0 Å². The molecule has 0 bridgehead atoms. The molecule has 1 atom stereocenters. The van der Waals surface area contributed by atoms with E-state index >= 15 is 0 Å². The highest BCUT2D eigenvalue weighted by Gasteiger charge is 2.42. The maximum atomic E-state index is 13.1. The summed E-state index contributed by atoms with van der Waals surface area (Å²) in [5.74, 6) is 1.66. The molecule has 1 aromatic heterocycles. The number of benzene rings is 1. The van der Waals surface area contributed by atoms with E-state index in [1.807, 2.05) is 12.1 Å². The minimum atomic E-state index is -0.294. The van der Waals surface area contributed by atoms with Gasteiger partial charge in [0.25, 0.3) is 0 Å². The topological polar surface area (TPSA) is 59.0 Å². The van der Waals surface area contributed by atoms with Crippen molar-refractivity contribution in [2.45, 2.75) is 26.3 Å². The molecular formula is C22H28FIN4O2. The van der Waals surface area contributed by atoms with Crippen LogP contribution in [0.5, 0.6) is 11.6 Å². The van der Waals surface area contributed by atoms with Crippen LogP contribution in [0.4, 0.5) is 4.39 Å². The first-order valence-corrected chi connectivity index (χ1v) is 10.2. The number of nitrogens with one attached hydrogen (secondary N) is 1. The number of aromatic nitrogens is 1. The molecule has 3 heterocycles. The van der Waals surface area contributed by atoms with E-state index in [2.05, 4.69) is 22.1 Å². The highest BCUT2D eigenvalue weighted by Crippen LogP contribution is 2.38. The van der Waals surface area contributed by atoms with Crippen LogP contribution in [0.15, 0.2) is 47.6 Å². The molecule has 8 heteroatoms. The Hall–Kier alpha value is -1.94. The SMILES string of the molecule is CCNC(=NCc1ccnc(Oc2ccc(F)cc2)c1)N1CCC2(CCOC2)C1.I. The Morgan fingerprint density at radius 3 is 2.87 bits per heavy atom. The summed E-state index contributed by atoms with van der Waals surface area (Å²) in [6.45, 7) is 7.17. The van der Waals surface area contributed by atoms with Gasteiger partial charge in [0.2, 0.25) is 5.88 Å². The predicted octanol–water partition coefficient (Wildman–Crippen LogP) is 4.21. The third kappa shape index (κ3) is 5.60. The zero-order valence-corrected chi connectivity index (χ0v) is 19.5. The quantitative estimate of drug-likeness (QED) is 0.360. The molecule has 0 aliphatic carbocycles. The van der Waals surface area contributed by atoms with E-state index in [1.54, 1.807) is 18.3 Å². The summed E-state index contributed by atoms with van der Waals surface area (Å²) in [6.07, 6.45) is 4.00. The van der Waals surface area contributed by atoms with Crippen molar-refractivity contribution < 1.29 is 13.9 Å². The van der Waals surface area contributed by atoms with E-state index < -0.39 is 0 Å². The van der Waals surface area contributed by atoms with Gasteiger partial charge < -0.3 is 19.7 Å².